The van der Waals surface area contributed by atoms with E-state index >= 15 is 0 Å². The number of benzene rings is 2. The molecule has 0 aliphatic heterocycles. The second kappa shape index (κ2) is 11.6. The molecule has 0 aliphatic rings. The lowest BCUT2D eigenvalue weighted by molar-refractivity contribution is 0.298. The third-order valence-electron chi connectivity index (χ3n) is 5.05. The van der Waals surface area contributed by atoms with E-state index in [9.17, 15) is 0 Å². The second-order valence-corrected chi connectivity index (χ2v) is 9.10. The number of nitrogens with zero attached hydrogens (tertiary/aromatic N) is 3. The Labute approximate surface area is 182 Å². The highest BCUT2D eigenvalue weighted by molar-refractivity contribution is 7.99. The summed E-state index contributed by atoms with van der Waals surface area (Å²) in [5.74, 6) is 0. The summed E-state index contributed by atoms with van der Waals surface area (Å²) in [4.78, 5) is 6.62. The van der Waals surface area contributed by atoms with Crippen molar-refractivity contribution in [3.8, 4) is 0 Å². The molecule has 0 unspecified atom stereocenters. The van der Waals surface area contributed by atoms with Crippen LogP contribution >= 0.6 is 25.3 Å². The van der Waals surface area contributed by atoms with Crippen molar-refractivity contribution in [1.82, 2.24) is 4.90 Å². The van der Waals surface area contributed by atoms with Crippen molar-refractivity contribution in [2.75, 3.05) is 51.1 Å². The van der Waals surface area contributed by atoms with E-state index in [0.717, 1.165) is 38.8 Å². The molecule has 0 amide bonds. The first-order valence-electron chi connectivity index (χ1n) is 9.99. The molecule has 0 bridgehead atoms. The average molecular weight is 418 g/mol. The van der Waals surface area contributed by atoms with Crippen LogP contribution in [0.4, 0.5) is 11.4 Å². The van der Waals surface area contributed by atoms with Gasteiger partial charge in [0.1, 0.15) is 0 Å². The Bertz CT molecular complexity index is 624. The van der Waals surface area contributed by atoms with E-state index in [1.54, 1.807) is 0 Å². The number of aryl methyl sites for hydroxylation is 2. The highest BCUT2D eigenvalue weighted by atomic mass is 32.2. The van der Waals surface area contributed by atoms with E-state index in [1.807, 2.05) is 0 Å². The first-order chi connectivity index (χ1) is 13.4. The normalized spacial score (nSPS) is 11.3. The van der Waals surface area contributed by atoms with Gasteiger partial charge < -0.3 is 9.80 Å². The number of hydrogen-bond donors (Lipinski definition) is 2. The first-order valence-corrected chi connectivity index (χ1v) is 11.0. The topological polar surface area (TPSA) is 9.72 Å². The number of rotatable bonds is 11. The van der Waals surface area contributed by atoms with Gasteiger partial charge in [-0.05, 0) is 61.1 Å². The monoisotopic (exact) mass is 417 g/mol. The Morgan fingerprint density at radius 2 is 1.00 bits per heavy atom. The summed E-state index contributed by atoms with van der Waals surface area (Å²) < 4.78 is -0.00719. The van der Waals surface area contributed by atoms with E-state index in [1.165, 1.54) is 22.5 Å². The zero-order valence-corrected chi connectivity index (χ0v) is 19.5. The smallest absolute Gasteiger partial charge is 0.0969 e. The van der Waals surface area contributed by atoms with E-state index < -0.39 is 0 Å². The van der Waals surface area contributed by atoms with Crippen LogP contribution in [0.1, 0.15) is 24.0 Å². The van der Waals surface area contributed by atoms with Crippen molar-refractivity contribution >= 4 is 36.6 Å². The molecular weight excluding hydrogens is 382 g/mol. The van der Waals surface area contributed by atoms with Crippen LogP contribution in [-0.2, 0) is 12.8 Å². The van der Waals surface area contributed by atoms with E-state index in [0.29, 0.717) is 0 Å². The average Bonchev–Trinajstić information content (AvgIpc) is 2.67. The summed E-state index contributed by atoms with van der Waals surface area (Å²) >= 11 is 9.13. The van der Waals surface area contributed by atoms with Gasteiger partial charge >= 0.3 is 0 Å². The van der Waals surface area contributed by atoms with Gasteiger partial charge in [-0.15, -0.1) is 25.3 Å². The van der Waals surface area contributed by atoms with E-state index in [2.05, 4.69) is 117 Å². The molecule has 0 saturated carbocycles. The van der Waals surface area contributed by atoms with Gasteiger partial charge in [0.05, 0.1) is 4.71 Å². The van der Waals surface area contributed by atoms with Gasteiger partial charge in [-0.1, -0.05) is 24.3 Å². The van der Waals surface area contributed by atoms with Crippen molar-refractivity contribution in [2.45, 2.75) is 30.4 Å². The third kappa shape index (κ3) is 7.61. The Morgan fingerprint density at radius 1 is 0.643 bits per heavy atom. The fourth-order valence-electron chi connectivity index (χ4n) is 3.24. The molecule has 5 heteroatoms. The maximum atomic E-state index is 4.56. The van der Waals surface area contributed by atoms with Crippen LogP contribution in [0, 0.1) is 0 Å². The molecule has 2 aromatic carbocycles. The Kier molecular flexibility index (Phi) is 9.56. The molecule has 0 saturated heterocycles. The summed E-state index contributed by atoms with van der Waals surface area (Å²) in [7, 11) is 8.29. The van der Waals surface area contributed by atoms with Crippen LogP contribution in [0.25, 0.3) is 0 Å². The van der Waals surface area contributed by atoms with Gasteiger partial charge in [-0.25, -0.2) is 0 Å². The lowest BCUT2D eigenvalue weighted by Crippen LogP contribution is -2.30. The fourth-order valence-corrected chi connectivity index (χ4v) is 3.70. The van der Waals surface area contributed by atoms with Gasteiger partial charge in [0, 0.05) is 52.7 Å². The van der Waals surface area contributed by atoms with Gasteiger partial charge in [0.25, 0.3) is 0 Å². The number of hydrogen-bond acceptors (Lipinski definition) is 5. The van der Waals surface area contributed by atoms with Crippen LogP contribution in [0.2, 0.25) is 0 Å². The summed E-state index contributed by atoms with van der Waals surface area (Å²) in [6.45, 7) is 2.04. The van der Waals surface area contributed by atoms with Crippen molar-refractivity contribution < 1.29 is 0 Å². The maximum Gasteiger partial charge on any atom is 0.0969 e. The lowest BCUT2D eigenvalue weighted by atomic mass is 10.1. The Hall–Kier alpha value is -1.30. The zero-order chi connectivity index (χ0) is 20.5. The summed E-state index contributed by atoms with van der Waals surface area (Å²) in [5, 5.41) is 0. The van der Waals surface area contributed by atoms with Crippen LogP contribution in [-0.4, -0.2) is 50.9 Å². The molecule has 0 aromatic heterocycles. The summed E-state index contributed by atoms with van der Waals surface area (Å²) in [6, 6.07) is 17.7. The molecule has 3 nitrogen and oxygen atoms in total. The van der Waals surface area contributed by atoms with Gasteiger partial charge in [-0.3, -0.25) is 4.90 Å². The van der Waals surface area contributed by atoms with Gasteiger partial charge in [0.15, 0.2) is 0 Å². The molecule has 154 valence electrons. The molecule has 0 radical (unpaired) electrons. The molecule has 0 aliphatic carbocycles. The van der Waals surface area contributed by atoms with Gasteiger partial charge in [-0.2, -0.15) is 0 Å². The molecule has 0 spiro atoms. The SMILES string of the molecule is CN(C)c1ccc(CCCN(CCCc2ccc(N(C)C)cc2)C(S)S)cc1. The van der Waals surface area contributed by atoms with E-state index in [-0.39, 0.29) is 4.71 Å². The minimum Gasteiger partial charge on any atom is -0.378 e. The minimum atomic E-state index is -0.00719. The summed E-state index contributed by atoms with van der Waals surface area (Å²) in [5.41, 5.74) is 5.27. The largest absolute Gasteiger partial charge is 0.378 e. The molecule has 2 rings (SSSR count). The summed E-state index contributed by atoms with van der Waals surface area (Å²) in [6.07, 6.45) is 4.42. The minimum absolute atomic E-state index is 0.00719. The Balaban J connectivity index is 1.75. The molecule has 0 atom stereocenters. The van der Waals surface area contributed by atoms with Crippen LogP contribution in [0.5, 0.6) is 0 Å². The van der Waals surface area contributed by atoms with Crippen molar-refractivity contribution in [3.63, 3.8) is 0 Å². The molecule has 0 heterocycles. The quantitative estimate of drug-likeness (QED) is 0.401. The fraction of sp³-hybridized carbons (Fsp3) is 0.478. The molecule has 28 heavy (non-hydrogen) atoms. The second-order valence-electron chi connectivity index (χ2n) is 7.71. The van der Waals surface area contributed by atoms with Crippen molar-refractivity contribution in [2.24, 2.45) is 0 Å². The first kappa shape index (κ1) is 23.0. The zero-order valence-electron chi connectivity index (χ0n) is 17.7. The predicted molar refractivity (Wildman–Crippen MR) is 132 cm³/mol. The highest BCUT2D eigenvalue weighted by Crippen LogP contribution is 2.17. The molecule has 0 fully saturated rings. The molecule has 2 aromatic rings. The molecule has 0 N–H and O–H groups in total. The van der Waals surface area contributed by atoms with Crippen LogP contribution in [0.3, 0.4) is 0 Å². The van der Waals surface area contributed by atoms with Crippen LogP contribution < -0.4 is 9.80 Å². The van der Waals surface area contributed by atoms with E-state index in [4.69, 9.17) is 0 Å². The lowest BCUT2D eigenvalue weighted by Gasteiger charge is -2.25. The predicted octanol–water partition coefficient (Wildman–Crippen LogP) is 4.83. The molecular formula is C23H35N3S2. The highest BCUT2D eigenvalue weighted by Gasteiger charge is 2.10. The van der Waals surface area contributed by atoms with Crippen molar-refractivity contribution in [1.29, 1.82) is 0 Å². The van der Waals surface area contributed by atoms with Gasteiger partial charge in [0.2, 0.25) is 0 Å². The number of anilines is 2. The maximum absolute atomic E-state index is 4.56. The number of thiol groups is 2. The Morgan fingerprint density at radius 3 is 1.29 bits per heavy atom. The van der Waals surface area contributed by atoms with Crippen molar-refractivity contribution in [3.05, 3.63) is 59.7 Å². The third-order valence-corrected chi connectivity index (χ3v) is 5.71. The standard InChI is InChI=1S/C23H35N3S2/c1-24(2)21-13-9-19(10-14-21)7-5-17-26(23(27)28)18-6-8-20-11-15-22(16-12-20)25(3)4/h9-16,23,27-28H,5-8,17-18H2,1-4H3. The van der Waals surface area contributed by atoms with Crippen LogP contribution in [0.15, 0.2) is 48.5 Å².